The van der Waals surface area contributed by atoms with Gasteiger partial charge in [0.2, 0.25) is 0 Å². The zero-order valence-corrected chi connectivity index (χ0v) is 23.1. The maximum absolute atomic E-state index is 5.56. The molecular formula is C21H50N2O6Si2. The van der Waals surface area contributed by atoms with Gasteiger partial charge < -0.3 is 37.2 Å². The third-order valence-electron chi connectivity index (χ3n) is 5.96. The second-order valence-corrected chi connectivity index (χ2v) is 14.1. The summed E-state index contributed by atoms with van der Waals surface area (Å²) in [5.74, 6) is 0. The number of rotatable bonds is 23. The minimum Gasteiger partial charge on any atom is -0.377 e. The Hall–Kier alpha value is 0.114. The van der Waals surface area contributed by atoms with E-state index >= 15 is 0 Å². The first-order chi connectivity index (χ1) is 15.0. The first kappa shape index (κ1) is 31.1. The van der Waals surface area contributed by atoms with Crippen molar-refractivity contribution in [2.24, 2.45) is 5.73 Å². The second-order valence-electron chi connectivity index (χ2n) is 7.90. The predicted octanol–water partition coefficient (Wildman–Crippen LogP) is 3.51. The fraction of sp³-hybridized carbons (Fsp3) is 1.00. The van der Waals surface area contributed by atoms with Gasteiger partial charge in [-0.25, -0.2) is 0 Å². The van der Waals surface area contributed by atoms with Crippen molar-refractivity contribution in [1.29, 1.82) is 0 Å². The molecule has 0 aliphatic rings. The Morgan fingerprint density at radius 2 is 0.806 bits per heavy atom. The molecule has 0 atom stereocenters. The first-order valence-electron chi connectivity index (χ1n) is 11.7. The minimum absolute atomic E-state index is 0.813. The van der Waals surface area contributed by atoms with Gasteiger partial charge in [-0.15, -0.1) is 0 Å². The lowest BCUT2D eigenvalue weighted by Gasteiger charge is -2.28. The zero-order chi connectivity index (χ0) is 23.4. The molecule has 0 unspecified atom stereocenters. The van der Waals surface area contributed by atoms with Crippen LogP contribution in [0.4, 0.5) is 0 Å². The van der Waals surface area contributed by atoms with E-state index in [0.717, 1.165) is 57.5 Å². The van der Waals surface area contributed by atoms with Crippen LogP contribution in [0.3, 0.4) is 0 Å². The Morgan fingerprint density at radius 1 is 0.484 bits per heavy atom. The van der Waals surface area contributed by atoms with Crippen LogP contribution in [-0.2, 0) is 26.6 Å². The van der Waals surface area contributed by atoms with Gasteiger partial charge in [0.25, 0.3) is 0 Å². The monoisotopic (exact) mass is 482 g/mol. The number of nitrogens with two attached hydrogens (primary N) is 1. The van der Waals surface area contributed by atoms with Gasteiger partial charge in [0.05, 0.1) is 0 Å². The quantitative estimate of drug-likeness (QED) is 0.175. The molecule has 188 valence electrons. The Bertz CT molecular complexity index is 360. The lowest BCUT2D eigenvalue weighted by Crippen LogP contribution is -2.44. The Labute approximate surface area is 193 Å². The predicted molar refractivity (Wildman–Crippen MR) is 130 cm³/mol. The number of unbranched alkanes of at least 4 members (excludes halogenated alkanes) is 6. The van der Waals surface area contributed by atoms with Crippen LogP contribution in [0.5, 0.6) is 0 Å². The first-order valence-corrected chi connectivity index (χ1v) is 15.6. The van der Waals surface area contributed by atoms with Crippen molar-refractivity contribution < 1.29 is 26.6 Å². The average Bonchev–Trinajstić information content (AvgIpc) is 2.81. The van der Waals surface area contributed by atoms with Gasteiger partial charge in [-0.2, -0.15) is 0 Å². The number of hydrogen-bond acceptors (Lipinski definition) is 8. The molecule has 0 aromatic carbocycles. The minimum atomic E-state index is -2.51. The Kier molecular flexibility index (Phi) is 19.6. The van der Waals surface area contributed by atoms with Gasteiger partial charge in [-0.05, 0) is 51.9 Å². The van der Waals surface area contributed by atoms with Crippen LogP contribution in [0, 0.1) is 0 Å². The molecule has 0 saturated carbocycles. The molecule has 0 aromatic heterocycles. The average molecular weight is 483 g/mol. The van der Waals surface area contributed by atoms with Crippen LogP contribution in [0.15, 0.2) is 0 Å². The normalized spacial score (nSPS) is 12.8. The Balaban J connectivity index is 4.50. The molecule has 2 N–H and O–H groups in total. The van der Waals surface area contributed by atoms with Crippen LogP contribution in [0.25, 0.3) is 0 Å². The maximum Gasteiger partial charge on any atom is 0.500 e. The lowest BCUT2D eigenvalue weighted by molar-refractivity contribution is 0.119. The van der Waals surface area contributed by atoms with Crippen molar-refractivity contribution in [2.75, 3.05) is 68.8 Å². The molecule has 0 aliphatic heterocycles. The van der Waals surface area contributed by atoms with E-state index in [1.165, 1.54) is 38.5 Å². The van der Waals surface area contributed by atoms with Crippen molar-refractivity contribution in [2.45, 2.75) is 69.9 Å². The van der Waals surface area contributed by atoms with Crippen LogP contribution in [0.1, 0.15) is 57.8 Å². The highest BCUT2D eigenvalue weighted by Crippen LogP contribution is 2.18. The topological polar surface area (TPSA) is 84.6 Å². The van der Waals surface area contributed by atoms with Crippen molar-refractivity contribution in [3.05, 3.63) is 0 Å². The van der Waals surface area contributed by atoms with E-state index in [2.05, 4.69) is 4.90 Å². The second kappa shape index (κ2) is 19.6. The van der Waals surface area contributed by atoms with Gasteiger partial charge in [0.1, 0.15) is 0 Å². The summed E-state index contributed by atoms with van der Waals surface area (Å²) < 4.78 is 33.4. The zero-order valence-electron chi connectivity index (χ0n) is 21.1. The Morgan fingerprint density at radius 3 is 1.16 bits per heavy atom. The summed E-state index contributed by atoms with van der Waals surface area (Å²) in [6.07, 6.45) is 10.8. The fourth-order valence-electron chi connectivity index (χ4n) is 3.85. The van der Waals surface area contributed by atoms with Crippen molar-refractivity contribution in [3.63, 3.8) is 0 Å². The van der Waals surface area contributed by atoms with Gasteiger partial charge in [0.15, 0.2) is 0 Å². The van der Waals surface area contributed by atoms with Crippen LogP contribution in [-0.4, -0.2) is 91.3 Å². The molecule has 0 saturated heterocycles. The van der Waals surface area contributed by atoms with Gasteiger partial charge in [-0.3, -0.25) is 0 Å². The molecule has 0 spiro atoms. The van der Waals surface area contributed by atoms with Gasteiger partial charge in [-0.1, -0.05) is 32.1 Å². The van der Waals surface area contributed by atoms with E-state index in [1.807, 2.05) is 0 Å². The molecule has 0 radical (unpaired) electrons. The van der Waals surface area contributed by atoms with E-state index in [0.29, 0.717) is 0 Å². The van der Waals surface area contributed by atoms with Gasteiger partial charge in [0, 0.05) is 54.7 Å². The molecule has 31 heavy (non-hydrogen) atoms. The van der Waals surface area contributed by atoms with Crippen LogP contribution < -0.4 is 5.73 Å². The van der Waals surface area contributed by atoms with E-state index in [-0.39, 0.29) is 0 Å². The fourth-order valence-corrected chi connectivity index (χ4v) is 7.26. The van der Waals surface area contributed by atoms with Crippen molar-refractivity contribution in [1.82, 2.24) is 4.90 Å². The molecule has 0 aliphatic carbocycles. The highest BCUT2D eigenvalue weighted by atomic mass is 28.4. The maximum atomic E-state index is 5.56. The molecular weight excluding hydrogens is 432 g/mol. The van der Waals surface area contributed by atoms with Crippen LogP contribution >= 0.6 is 0 Å². The lowest BCUT2D eigenvalue weighted by atomic mass is 10.1. The van der Waals surface area contributed by atoms with E-state index in [9.17, 15) is 0 Å². The highest BCUT2D eigenvalue weighted by molar-refractivity contribution is 6.60. The molecule has 0 amide bonds. The van der Waals surface area contributed by atoms with Crippen molar-refractivity contribution >= 4 is 17.6 Å². The van der Waals surface area contributed by atoms with Crippen molar-refractivity contribution in [3.8, 4) is 0 Å². The largest absolute Gasteiger partial charge is 0.500 e. The molecule has 0 bridgehead atoms. The van der Waals surface area contributed by atoms with E-state index in [1.54, 1.807) is 42.7 Å². The molecule has 8 nitrogen and oxygen atoms in total. The van der Waals surface area contributed by atoms with Crippen LogP contribution in [0.2, 0.25) is 12.1 Å². The molecule has 10 heteroatoms. The smallest absolute Gasteiger partial charge is 0.377 e. The molecule has 0 heterocycles. The van der Waals surface area contributed by atoms with Gasteiger partial charge >= 0.3 is 17.6 Å². The summed E-state index contributed by atoms with van der Waals surface area (Å²) in [5.41, 5.74) is 5.56. The number of nitrogens with zero attached hydrogens (tertiary/aromatic N) is 1. The molecule has 0 rings (SSSR count). The number of hydrogen-bond donors (Lipinski definition) is 1. The SMILES string of the molecule is CO[Si](CCCN(CCCCCCCCCN)CCC[Si](OC)(OC)OC)(OC)OC. The summed E-state index contributed by atoms with van der Waals surface area (Å²) in [7, 11) is 5.03. The summed E-state index contributed by atoms with van der Waals surface area (Å²) in [5, 5.41) is 0. The summed E-state index contributed by atoms with van der Waals surface area (Å²) >= 11 is 0. The highest BCUT2D eigenvalue weighted by Gasteiger charge is 2.38. The summed E-state index contributed by atoms with van der Waals surface area (Å²) in [4.78, 5) is 2.54. The van der Waals surface area contributed by atoms with E-state index in [4.69, 9.17) is 32.3 Å². The third kappa shape index (κ3) is 13.4. The van der Waals surface area contributed by atoms with E-state index < -0.39 is 17.6 Å². The third-order valence-corrected chi connectivity index (χ3v) is 11.6. The summed E-state index contributed by atoms with van der Waals surface area (Å²) in [6, 6.07) is 1.64. The molecule has 0 aromatic rings. The molecule has 0 fully saturated rings. The standard InChI is InChI=1S/C21H50N2O6Si2/c1-24-30(25-2,26-3)20-14-18-23(17-13-11-9-7-8-10-12-16-22)19-15-21-31(27-4,28-5)29-6/h7-22H2,1-6H3. The summed E-state index contributed by atoms with van der Waals surface area (Å²) in [6.45, 7) is 3.92.